The Kier molecular flexibility index (Phi) is 7.06. The number of carbonyl (C=O) groups is 2. The van der Waals surface area contributed by atoms with Crippen molar-refractivity contribution in [2.24, 2.45) is 5.73 Å². The van der Waals surface area contributed by atoms with Crippen LogP contribution in [0.15, 0.2) is 42.5 Å². The molecule has 2 amide bonds. The Balaban J connectivity index is 2.03. The van der Waals surface area contributed by atoms with Crippen molar-refractivity contribution >= 4 is 34.0 Å². The Morgan fingerprint density at radius 1 is 1.06 bits per heavy atom. The quantitative estimate of drug-likeness (QED) is 0.394. The van der Waals surface area contributed by atoms with E-state index in [-0.39, 0.29) is 17.7 Å². The van der Waals surface area contributed by atoms with Gasteiger partial charge < -0.3 is 26.4 Å². The van der Waals surface area contributed by atoms with Crippen molar-refractivity contribution in [3.05, 3.63) is 70.8 Å². The fourth-order valence-corrected chi connectivity index (χ4v) is 4.44. The predicted molar refractivity (Wildman–Crippen MR) is 121 cm³/mol. The molecule has 10 heteroatoms. The highest BCUT2D eigenvalue weighted by Crippen LogP contribution is 2.41. The summed E-state index contributed by atoms with van der Waals surface area (Å²) in [4.78, 5) is 25.7. The van der Waals surface area contributed by atoms with Crippen molar-refractivity contribution in [2.75, 3.05) is 24.7 Å². The summed E-state index contributed by atoms with van der Waals surface area (Å²) in [5.41, 5.74) is 6.81. The molecule has 5 N–H and O–H groups in total. The molecule has 2 aromatic carbocycles. The number of hydrogen-bond acceptors (Lipinski definition) is 5. The molecule has 0 bridgehead atoms. The lowest BCUT2D eigenvalue weighted by Gasteiger charge is -2.13. The first kappa shape index (κ1) is 23.2. The van der Waals surface area contributed by atoms with E-state index in [0.717, 1.165) is 17.7 Å². The number of thiophene rings is 1. The summed E-state index contributed by atoms with van der Waals surface area (Å²) < 4.78 is 28.0. The number of nitrogens with two attached hydrogens (primary N) is 1. The van der Waals surface area contributed by atoms with Gasteiger partial charge in [0.05, 0.1) is 5.56 Å². The first-order chi connectivity index (χ1) is 15.2. The Morgan fingerprint density at radius 3 is 2.22 bits per heavy atom. The van der Waals surface area contributed by atoms with Gasteiger partial charge in [0, 0.05) is 34.8 Å². The van der Waals surface area contributed by atoms with Gasteiger partial charge in [0.1, 0.15) is 16.6 Å². The zero-order valence-corrected chi connectivity index (χ0v) is 18.2. The first-order valence-corrected chi connectivity index (χ1v) is 10.4. The fourth-order valence-electron chi connectivity index (χ4n) is 3.23. The van der Waals surface area contributed by atoms with Gasteiger partial charge in [-0.25, -0.2) is 18.4 Å². The van der Waals surface area contributed by atoms with Gasteiger partial charge in [0.2, 0.25) is 0 Å². The van der Waals surface area contributed by atoms with Gasteiger partial charge in [0.15, 0.2) is 0 Å². The molecule has 0 aliphatic heterocycles. The van der Waals surface area contributed by atoms with Crippen LogP contribution in [0.1, 0.15) is 21.5 Å². The summed E-state index contributed by atoms with van der Waals surface area (Å²) in [6.07, 6.45) is 0. The van der Waals surface area contributed by atoms with Crippen LogP contribution in [0.2, 0.25) is 0 Å². The summed E-state index contributed by atoms with van der Waals surface area (Å²) in [6.45, 7) is 0.131. The molecular weight excluding hydrogens is 438 g/mol. The van der Waals surface area contributed by atoms with Crippen LogP contribution in [0, 0.1) is 11.6 Å². The third-order valence-electron chi connectivity index (χ3n) is 4.60. The number of benzene rings is 2. The van der Waals surface area contributed by atoms with Crippen LogP contribution in [0.5, 0.6) is 0 Å². The summed E-state index contributed by atoms with van der Waals surface area (Å²) in [6, 6.07) is 9.66. The lowest BCUT2D eigenvalue weighted by Crippen LogP contribution is -2.19. The van der Waals surface area contributed by atoms with E-state index in [1.807, 2.05) is 19.0 Å². The second kappa shape index (κ2) is 9.75. The normalized spacial score (nSPS) is 10.9. The number of halogens is 2. The Hall–Kier alpha value is -3.50. The SMILES string of the molecule is CN(C)Cc1c(-c2ccc(NC(N)=O)cc2)sc(NCc2c(F)cccc2F)c1C(=O)O. The van der Waals surface area contributed by atoms with Gasteiger partial charge in [0.25, 0.3) is 0 Å². The molecule has 0 saturated heterocycles. The molecule has 0 fully saturated rings. The monoisotopic (exact) mass is 460 g/mol. The Bertz CT molecular complexity index is 1130. The van der Waals surface area contributed by atoms with E-state index in [9.17, 15) is 23.5 Å². The van der Waals surface area contributed by atoms with Gasteiger partial charge >= 0.3 is 12.0 Å². The van der Waals surface area contributed by atoms with Gasteiger partial charge in [-0.15, -0.1) is 11.3 Å². The lowest BCUT2D eigenvalue weighted by atomic mass is 10.0. The molecule has 0 aliphatic rings. The van der Waals surface area contributed by atoms with Crippen LogP contribution >= 0.6 is 11.3 Å². The first-order valence-electron chi connectivity index (χ1n) is 9.54. The number of carbonyl (C=O) groups excluding carboxylic acids is 1. The van der Waals surface area contributed by atoms with Gasteiger partial charge in [-0.1, -0.05) is 18.2 Å². The molecule has 0 spiro atoms. The summed E-state index contributed by atoms with van der Waals surface area (Å²) in [5, 5.41) is 15.6. The number of aromatic carboxylic acids is 1. The van der Waals surface area contributed by atoms with Crippen molar-refractivity contribution in [3.63, 3.8) is 0 Å². The number of anilines is 2. The predicted octanol–water partition coefficient (Wildman–Crippen LogP) is 4.56. The number of primary amides is 1. The van der Waals surface area contributed by atoms with Crippen molar-refractivity contribution in [3.8, 4) is 10.4 Å². The molecule has 3 rings (SSSR count). The van der Waals surface area contributed by atoms with Gasteiger partial charge in [-0.05, 0) is 43.9 Å². The van der Waals surface area contributed by atoms with E-state index in [4.69, 9.17) is 5.73 Å². The molecule has 168 valence electrons. The van der Waals surface area contributed by atoms with Crippen LogP contribution in [-0.2, 0) is 13.1 Å². The minimum atomic E-state index is -1.15. The molecular formula is C22H22F2N4O3S. The maximum Gasteiger partial charge on any atom is 0.339 e. The van der Waals surface area contributed by atoms with Crippen molar-refractivity contribution < 1.29 is 23.5 Å². The third kappa shape index (κ3) is 5.21. The molecule has 0 atom stereocenters. The maximum absolute atomic E-state index is 14.0. The number of carboxylic acids is 1. The molecule has 7 nitrogen and oxygen atoms in total. The minimum absolute atomic E-state index is 0.0507. The van der Waals surface area contributed by atoms with E-state index in [0.29, 0.717) is 27.7 Å². The van der Waals surface area contributed by atoms with Crippen molar-refractivity contribution in [1.82, 2.24) is 4.90 Å². The maximum atomic E-state index is 14.0. The number of carboxylic acid groups (broad SMARTS) is 1. The molecule has 0 radical (unpaired) electrons. The number of rotatable bonds is 8. The van der Waals surface area contributed by atoms with Crippen LogP contribution < -0.4 is 16.4 Å². The van der Waals surface area contributed by atoms with Crippen molar-refractivity contribution in [2.45, 2.75) is 13.1 Å². The van der Waals surface area contributed by atoms with Crippen LogP contribution in [0.25, 0.3) is 10.4 Å². The van der Waals surface area contributed by atoms with Gasteiger partial charge in [-0.3, -0.25) is 0 Å². The molecule has 32 heavy (non-hydrogen) atoms. The number of nitrogens with zero attached hydrogens (tertiary/aromatic N) is 1. The Labute approximate surface area is 187 Å². The fraction of sp³-hybridized carbons (Fsp3) is 0.182. The second-order valence-electron chi connectivity index (χ2n) is 7.28. The van der Waals surface area contributed by atoms with E-state index in [1.54, 1.807) is 24.3 Å². The summed E-state index contributed by atoms with van der Waals surface area (Å²) >= 11 is 1.18. The highest BCUT2D eigenvalue weighted by Gasteiger charge is 2.25. The van der Waals surface area contributed by atoms with E-state index >= 15 is 0 Å². The number of amides is 2. The molecule has 0 saturated carbocycles. The standard InChI is InChI=1S/C22H22F2N4O3S/c1-28(2)11-15-18(21(29)30)20(26-10-14-16(23)4-3-5-17(14)24)32-19(15)12-6-8-13(9-7-12)27-22(25)31/h3-9,26H,10-11H2,1-2H3,(H,29,30)(H3,25,27,31). The zero-order chi connectivity index (χ0) is 23.4. The molecule has 1 aromatic heterocycles. The van der Waals surface area contributed by atoms with Crippen LogP contribution in [0.4, 0.5) is 24.3 Å². The van der Waals surface area contributed by atoms with E-state index in [2.05, 4.69) is 10.6 Å². The topological polar surface area (TPSA) is 108 Å². The average molecular weight is 461 g/mol. The second-order valence-corrected chi connectivity index (χ2v) is 8.30. The highest BCUT2D eigenvalue weighted by atomic mass is 32.1. The largest absolute Gasteiger partial charge is 0.478 e. The molecule has 3 aromatic rings. The van der Waals surface area contributed by atoms with E-state index in [1.165, 1.54) is 17.4 Å². The number of hydrogen-bond donors (Lipinski definition) is 4. The lowest BCUT2D eigenvalue weighted by molar-refractivity contribution is 0.0696. The average Bonchev–Trinajstić information content (AvgIpc) is 3.05. The third-order valence-corrected chi connectivity index (χ3v) is 5.84. The minimum Gasteiger partial charge on any atom is -0.478 e. The molecule has 0 aliphatic carbocycles. The van der Waals surface area contributed by atoms with Crippen LogP contribution in [-0.4, -0.2) is 36.1 Å². The smallest absolute Gasteiger partial charge is 0.339 e. The molecule has 1 heterocycles. The summed E-state index contributed by atoms with van der Waals surface area (Å²) in [5.74, 6) is -2.57. The zero-order valence-electron chi connectivity index (χ0n) is 17.4. The van der Waals surface area contributed by atoms with Crippen molar-refractivity contribution in [1.29, 1.82) is 0 Å². The van der Waals surface area contributed by atoms with Crippen LogP contribution in [0.3, 0.4) is 0 Å². The van der Waals surface area contributed by atoms with E-state index < -0.39 is 23.6 Å². The molecule has 0 unspecified atom stereocenters. The Morgan fingerprint density at radius 2 is 1.69 bits per heavy atom. The number of nitrogens with one attached hydrogen (secondary N) is 2. The highest BCUT2D eigenvalue weighted by molar-refractivity contribution is 7.20. The summed E-state index contributed by atoms with van der Waals surface area (Å²) in [7, 11) is 3.63. The number of urea groups is 1. The van der Waals surface area contributed by atoms with Gasteiger partial charge in [-0.2, -0.15) is 0 Å².